The van der Waals surface area contributed by atoms with Crippen molar-refractivity contribution >= 4 is 23.0 Å². The summed E-state index contributed by atoms with van der Waals surface area (Å²) in [6, 6.07) is 14.1. The highest BCUT2D eigenvalue weighted by Crippen LogP contribution is 2.22. The van der Waals surface area contributed by atoms with Gasteiger partial charge in [-0.25, -0.2) is 0 Å². The first-order valence-corrected chi connectivity index (χ1v) is 6.82. The number of nitrogens with one attached hydrogen (secondary N) is 2. The number of aryl methyl sites for hydroxylation is 2. The zero-order chi connectivity index (χ0) is 14.5. The SMILES string of the molecule is CCC(=O)Nc1ccc(Nc2ccc(C)cc2C)cc1. The Kier molecular flexibility index (Phi) is 4.41. The number of hydrogen-bond acceptors (Lipinski definition) is 2. The molecule has 20 heavy (non-hydrogen) atoms. The summed E-state index contributed by atoms with van der Waals surface area (Å²) in [6.45, 7) is 6.01. The number of amides is 1. The highest BCUT2D eigenvalue weighted by molar-refractivity contribution is 5.90. The molecule has 0 unspecified atom stereocenters. The lowest BCUT2D eigenvalue weighted by Crippen LogP contribution is -2.09. The van der Waals surface area contributed by atoms with Crippen LogP contribution in [-0.2, 0) is 4.79 Å². The van der Waals surface area contributed by atoms with Gasteiger partial charge in [0.1, 0.15) is 0 Å². The van der Waals surface area contributed by atoms with E-state index in [4.69, 9.17) is 0 Å². The fourth-order valence-electron chi connectivity index (χ4n) is 2.00. The number of anilines is 3. The number of rotatable bonds is 4. The maximum atomic E-state index is 11.3. The fraction of sp³-hybridized carbons (Fsp3) is 0.235. The quantitative estimate of drug-likeness (QED) is 0.863. The Morgan fingerprint density at radius 1 is 1.00 bits per heavy atom. The normalized spacial score (nSPS) is 10.2. The van der Waals surface area contributed by atoms with E-state index in [-0.39, 0.29) is 5.91 Å². The van der Waals surface area contributed by atoms with Crippen molar-refractivity contribution in [3.63, 3.8) is 0 Å². The van der Waals surface area contributed by atoms with E-state index < -0.39 is 0 Å². The second kappa shape index (κ2) is 6.24. The fourth-order valence-corrected chi connectivity index (χ4v) is 2.00. The molecule has 104 valence electrons. The summed E-state index contributed by atoms with van der Waals surface area (Å²) >= 11 is 0. The summed E-state index contributed by atoms with van der Waals surface area (Å²) in [5.41, 5.74) is 5.40. The molecule has 0 spiro atoms. The van der Waals surface area contributed by atoms with Gasteiger partial charge in [-0.3, -0.25) is 4.79 Å². The van der Waals surface area contributed by atoms with Crippen molar-refractivity contribution in [2.24, 2.45) is 0 Å². The van der Waals surface area contributed by atoms with Gasteiger partial charge in [0.05, 0.1) is 0 Å². The molecule has 0 radical (unpaired) electrons. The molecule has 0 bridgehead atoms. The summed E-state index contributed by atoms with van der Waals surface area (Å²) in [5, 5.41) is 6.22. The van der Waals surface area contributed by atoms with Gasteiger partial charge in [-0.1, -0.05) is 24.6 Å². The predicted molar refractivity (Wildman–Crippen MR) is 84.6 cm³/mol. The Morgan fingerprint density at radius 3 is 2.25 bits per heavy atom. The number of carbonyl (C=O) groups is 1. The number of benzene rings is 2. The average Bonchev–Trinajstić information content (AvgIpc) is 2.44. The molecule has 0 aliphatic heterocycles. The molecule has 2 rings (SSSR count). The van der Waals surface area contributed by atoms with Crippen molar-refractivity contribution < 1.29 is 4.79 Å². The Labute approximate surface area is 120 Å². The van der Waals surface area contributed by atoms with Gasteiger partial charge in [0.2, 0.25) is 5.91 Å². The predicted octanol–water partition coefficient (Wildman–Crippen LogP) is 4.40. The summed E-state index contributed by atoms with van der Waals surface area (Å²) < 4.78 is 0. The van der Waals surface area contributed by atoms with E-state index >= 15 is 0 Å². The lowest BCUT2D eigenvalue weighted by molar-refractivity contribution is -0.115. The average molecular weight is 268 g/mol. The van der Waals surface area contributed by atoms with Crippen LogP contribution < -0.4 is 10.6 Å². The van der Waals surface area contributed by atoms with Gasteiger partial charge in [-0.2, -0.15) is 0 Å². The maximum Gasteiger partial charge on any atom is 0.224 e. The minimum absolute atomic E-state index is 0.0279. The van der Waals surface area contributed by atoms with Gasteiger partial charge in [0.25, 0.3) is 0 Å². The van der Waals surface area contributed by atoms with Gasteiger partial charge >= 0.3 is 0 Å². The zero-order valence-corrected chi connectivity index (χ0v) is 12.2. The van der Waals surface area contributed by atoms with Crippen molar-refractivity contribution in [1.29, 1.82) is 0 Å². The third kappa shape index (κ3) is 3.60. The molecule has 0 atom stereocenters. The van der Waals surface area contributed by atoms with Crippen LogP contribution in [0.3, 0.4) is 0 Å². The third-order valence-corrected chi connectivity index (χ3v) is 3.15. The van der Waals surface area contributed by atoms with Crippen molar-refractivity contribution in [3.05, 3.63) is 53.6 Å². The van der Waals surface area contributed by atoms with E-state index in [0.29, 0.717) is 6.42 Å². The Bertz CT molecular complexity index is 603. The Hall–Kier alpha value is -2.29. The summed E-state index contributed by atoms with van der Waals surface area (Å²) in [6.07, 6.45) is 0.489. The van der Waals surface area contributed by atoms with Crippen LogP contribution in [0.1, 0.15) is 24.5 Å². The van der Waals surface area contributed by atoms with Gasteiger partial charge in [-0.05, 0) is 49.7 Å². The first-order chi connectivity index (χ1) is 9.58. The standard InChI is InChI=1S/C17H20N2O/c1-4-17(20)19-15-8-6-14(7-9-15)18-16-10-5-12(2)11-13(16)3/h5-11,18H,4H2,1-3H3,(H,19,20). The molecule has 0 aliphatic rings. The van der Waals surface area contributed by atoms with Crippen LogP contribution in [0, 0.1) is 13.8 Å². The summed E-state index contributed by atoms with van der Waals surface area (Å²) in [4.78, 5) is 11.3. The minimum Gasteiger partial charge on any atom is -0.355 e. The molecule has 2 N–H and O–H groups in total. The second-order valence-electron chi connectivity index (χ2n) is 4.92. The van der Waals surface area contributed by atoms with Crippen molar-refractivity contribution in [1.82, 2.24) is 0 Å². The van der Waals surface area contributed by atoms with Crippen LogP contribution in [0.15, 0.2) is 42.5 Å². The van der Waals surface area contributed by atoms with E-state index in [1.165, 1.54) is 11.1 Å². The van der Waals surface area contributed by atoms with Gasteiger partial charge < -0.3 is 10.6 Å². The molecule has 2 aromatic rings. The van der Waals surface area contributed by atoms with Crippen LogP contribution in [-0.4, -0.2) is 5.91 Å². The van der Waals surface area contributed by atoms with Crippen molar-refractivity contribution in [2.45, 2.75) is 27.2 Å². The maximum absolute atomic E-state index is 11.3. The molecule has 0 aromatic heterocycles. The molecule has 0 fully saturated rings. The van der Waals surface area contributed by atoms with E-state index in [0.717, 1.165) is 17.1 Å². The first-order valence-electron chi connectivity index (χ1n) is 6.82. The molecule has 0 saturated carbocycles. The van der Waals surface area contributed by atoms with Crippen molar-refractivity contribution in [3.8, 4) is 0 Å². The molecular weight excluding hydrogens is 248 g/mol. The van der Waals surface area contributed by atoms with E-state index in [9.17, 15) is 4.79 Å². The van der Waals surface area contributed by atoms with Crippen LogP contribution in [0.2, 0.25) is 0 Å². The first kappa shape index (κ1) is 14.1. The summed E-state index contributed by atoms with van der Waals surface area (Å²) in [7, 11) is 0. The Balaban J connectivity index is 2.08. The van der Waals surface area contributed by atoms with Crippen LogP contribution in [0.25, 0.3) is 0 Å². The molecule has 3 nitrogen and oxygen atoms in total. The minimum atomic E-state index is 0.0279. The molecule has 0 saturated heterocycles. The zero-order valence-electron chi connectivity index (χ0n) is 12.2. The van der Waals surface area contributed by atoms with Crippen LogP contribution in [0.5, 0.6) is 0 Å². The molecule has 1 amide bonds. The van der Waals surface area contributed by atoms with E-state index in [1.807, 2.05) is 31.2 Å². The number of hydrogen-bond donors (Lipinski definition) is 2. The van der Waals surface area contributed by atoms with Crippen molar-refractivity contribution in [2.75, 3.05) is 10.6 Å². The smallest absolute Gasteiger partial charge is 0.224 e. The molecule has 0 heterocycles. The van der Waals surface area contributed by atoms with Gasteiger partial charge in [0.15, 0.2) is 0 Å². The second-order valence-corrected chi connectivity index (χ2v) is 4.92. The van der Waals surface area contributed by atoms with E-state index in [2.05, 4.69) is 42.7 Å². The third-order valence-electron chi connectivity index (χ3n) is 3.15. The van der Waals surface area contributed by atoms with Gasteiger partial charge in [-0.15, -0.1) is 0 Å². The highest BCUT2D eigenvalue weighted by atomic mass is 16.1. The van der Waals surface area contributed by atoms with E-state index in [1.54, 1.807) is 0 Å². The van der Waals surface area contributed by atoms with Gasteiger partial charge in [0, 0.05) is 23.5 Å². The van der Waals surface area contributed by atoms with Crippen LogP contribution in [0.4, 0.5) is 17.1 Å². The number of carbonyl (C=O) groups excluding carboxylic acids is 1. The summed E-state index contributed by atoms with van der Waals surface area (Å²) in [5.74, 6) is 0.0279. The molecule has 3 heteroatoms. The lowest BCUT2D eigenvalue weighted by Gasteiger charge is -2.11. The topological polar surface area (TPSA) is 41.1 Å². The Morgan fingerprint density at radius 2 is 1.65 bits per heavy atom. The monoisotopic (exact) mass is 268 g/mol. The highest BCUT2D eigenvalue weighted by Gasteiger charge is 2.01. The molecule has 0 aliphatic carbocycles. The molecular formula is C17H20N2O. The molecule has 2 aromatic carbocycles. The largest absolute Gasteiger partial charge is 0.355 e. The lowest BCUT2D eigenvalue weighted by atomic mass is 10.1. The van der Waals surface area contributed by atoms with Crippen LogP contribution >= 0.6 is 0 Å².